The second-order valence-corrected chi connectivity index (χ2v) is 10.4. The van der Waals surface area contributed by atoms with Crippen molar-refractivity contribution in [2.75, 3.05) is 38.3 Å². The van der Waals surface area contributed by atoms with E-state index in [9.17, 15) is 0 Å². The first-order chi connectivity index (χ1) is 14.2. The van der Waals surface area contributed by atoms with Crippen LogP contribution < -0.4 is 4.90 Å². The SMILES string of the molecule is C[C@H]1CCc2c(sc3nc(CN4CCOCC4)nc(N(C)C4CCCCC4)c23)C1. The number of nitrogens with zero attached hydrogens (tertiary/aromatic N) is 4. The predicted molar refractivity (Wildman–Crippen MR) is 120 cm³/mol. The molecule has 29 heavy (non-hydrogen) atoms. The number of thiophene rings is 1. The molecule has 5 nitrogen and oxygen atoms in total. The van der Waals surface area contributed by atoms with E-state index in [1.165, 1.54) is 67.4 Å². The normalized spacial score (nSPS) is 24.0. The highest BCUT2D eigenvalue weighted by Crippen LogP contribution is 2.42. The molecule has 2 aromatic rings. The molecule has 0 N–H and O–H groups in total. The summed E-state index contributed by atoms with van der Waals surface area (Å²) in [7, 11) is 2.28. The quantitative estimate of drug-likeness (QED) is 0.741. The molecule has 1 saturated heterocycles. The number of aryl methyl sites for hydroxylation is 1. The van der Waals surface area contributed by atoms with Crippen molar-refractivity contribution >= 4 is 27.4 Å². The molecule has 0 spiro atoms. The molecule has 2 fully saturated rings. The zero-order valence-electron chi connectivity index (χ0n) is 18.0. The Morgan fingerprint density at radius 1 is 1.10 bits per heavy atom. The van der Waals surface area contributed by atoms with Crippen molar-refractivity contribution in [1.29, 1.82) is 0 Å². The summed E-state index contributed by atoms with van der Waals surface area (Å²) < 4.78 is 5.53. The van der Waals surface area contributed by atoms with Gasteiger partial charge in [0.2, 0.25) is 0 Å². The Labute approximate surface area is 178 Å². The fourth-order valence-electron chi connectivity index (χ4n) is 5.29. The number of fused-ring (bicyclic) bond motifs is 3. The highest BCUT2D eigenvalue weighted by atomic mass is 32.1. The first-order valence-electron chi connectivity index (χ1n) is 11.5. The Bertz CT molecular complexity index is 854. The average Bonchev–Trinajstić information content (AvgIpc) is 3.11. The molecule has 0 amide bonds. The molecular weight excluding hydrogens is 380 g/mol. The van der Waals surface area contributed by atoms with Gasteiger partial charge in [-0.05, 0) is 43.6 Å². The molecular formula is C23H34N4OS. The smallest absolute Gasteiger partial charge is 0.146 e. The molecule has 6 heteroatoms. The van der Waals surface area contributed by atoms with Gasteiger partial charge < -0.3 is 9.64 Å². The van der Waals surface area contributed by atoms with Crippen molar-refractivity contribution in [3.63, 3.8) is 0 Å². The van der Waals surface area contributed by atoms with Gasteiger partial charge in [0.05, 0.1) is 25.1 Å². The molecule has 1 saturated carbocycles. The monoisotopic (exact) mass is 414 g/mol. The molecule has 3 heterocycles. The highest BCUT2D eigenvalue weighted by Gasteiger charge is 2.28. The fourth-order valence-corrected chi connectivity index (χ4v) is 6.69. The number of rotatable bonds is 4. The zero-order valence-corrected chi connectivity index (χ0v) is 18.8. The third kappa shape index (κ3) is 4.04. The van der Waals surface area contributed by atoms with Crippen LogP contribution in [0.15, 0.2) is 0 Å². The molecule has 0 aromatic carbocycles. The van der Waals surface area contributed by atoms with Crippen LogP contribution in [0.5, 0.6) is 0 Å². The summed E-state index contributed by atoms with van der Waals surface area (Å²) in [6.45, 7) is 6.83. The van der Waals surface area contributed by atoms with Crippen LogP contribution in [0.1, 0.15) is 61.7 Å². The second kappa shape index (κ2) is 8.48. The third-order valence-corrected chi connectivity index (χ3v) is 8.26. The highest BCUT2D eigenvalue weighted by molar-refractivity contribution is 7.19. The molecule has 3 aliphatic rings. The van der Waals surface area contributed by atoms with Crippen LogP contribution in [0.2, 0.25) is 0 Å². The van der Waals surface area contributed by atoms with Crippen LogP contribution in [-0.2, 0) is 24.1 Å². The first-order valence-corrected chi connectivity index (χ1v) is 12.3. The van der Waals surface area contributed by atoms with E-state index in [2.05, 4.69) is 23.8 Å². The topological polar surface area (TPSA) is 41.5 Å². The lowest BCUT2D eigenvalue weighted by Gasteiger charge is -2.33. The van der Waals surface area contributed by atoms with E-state index in [-0.39, 0.29) is 0 Å². The summed E-state index contributed by atoms with van der Waals surface area (Å²) in [5.74, 6) is 2.98. The Hall–Kier alpha value is -1.24. The summed E-state index contributed by atoms with van der Waals surface area (Å²) in [5.41, 5.74) is 1.55. The fraction of sp³-hybridized carbons (Fsp3) is 0.739. The molecule has 1 atom stereocenters. The van der Waals surface area contributed by atoms with Crippen LogP contribution in [0, 0.1) is 5.92 Å². The number of anilines is 1. The van der Waals surface area contributed by atoms with Gasteiger partial charge in [-0.15, -0.1) is 11.3 Å². The largest absolute Gasteiger partial charge is 0.379 e. The number of aromatic nitrogens is 2. The number of ether oxygens (including phenoxy) is 1. The molecule has 1 aliphatic heterocycles. The Morgan fingerprint density at radius 2 is 1.90 bits per heavy atom. The standard InChI is InChI=1S/C23H34N4OS/c1-16-8-9-18-19(14-16)29-23-21(18)22(26(2)17-6-4-3-5-7-17)24-20(25-23)15-27-10-12-28-13-11-27/h16-17H,3-15H2,1-2H3/t16-/m0/s1. The van der Waals surface area contributed by atoms with Gasteiger partial charge in [0, 0.05) is 31.1 Å². The zero-order chi connectivity index (χ0) is 19.8. The van der Waals surface area contributed by atoms with Crippen LogP contribution >= 0.6 is 11.3 Å². The number of morpholine rings is 1. The van der Waals surface area contributed by atoms with Gasteiger partial charge in [0.15, 0.2) is 0 Å². The Morgan fingerprint density at radius 3 is 2.69 bits per heavy atom. The molecule has 0 radical (unpaired) electrons. The minimum Gasteiger partial charge on any atom is -0.379 e. The van der Waals surface area contributed by atoms with Gasteiger partial charge in [-0.1, -0.05) is 26.2 Å². The number of hydrogen-bond acceptors (Lipinski definition) is 6. The van der Waals surface area contributed by atoms with Gasteiger partial charge >= 0.3 is 0 Å². The van der Waals surface area contributed by atoms with Crippen molar-refractivity contribution in [3.05, 3.63) is 16.3 Å². The third-order valence-electron chi connectivity index (χ3n) is 7.11. The van der Waals surface area contributed by atoms with Gasteiger partial charge in [-0.3, -0.25) is 4.90 Å². The van der Waals surface area contributed by atoms with Crippen molar-refractivity contribution < 1.29 is 4.74 Å². The second-order valence-electron chi connectivity index (χ2n) is 9.29. The molecule has 5 rings (SSSR count). The van der Waals surface area contributed by atoms with E-state index in [0.29, 0.717) is 6.04 Å². The van der Waals surface area contributed by atoms with Gasteiger partial charge in [0.25, 0.3) is 0 Å². The summed E-state index contributed by atoms with van der Waals surface area (Å²) in [4.78, 5) is 18.0. The van der Waals surface area contributed by atoms with E-state index < -0.39 is 0 Å². The van der Waals surface area contributed by atoms with Crippen molar-refractivity contribution in [3.8, 4) is 0 Å². The van der Waals surface area contributed by atoms with E-state index >= 15 is 0 Å². The lowest BCUT2D eigenvalue weighted by molar-refractivity contribution is 0.0331. The minimum absolute atomic E-state index is 0.621. The van der Waals surface area contributed by atoms with Crippen LogP contribution in [0.25, 0.3) is 10.2 Å². The molecule has 2 aliphatic carbocycles. The number of hydrogen-bond donors (Lipinski definition) is 0. The van der Waals surface area contributed by atoms with E-state index in [1.807, 2.05) is 11.3 Å². The Kier molecular flexibility index (Phi) is 5.76. The summed E-state index contributed by atoms with van der Waals surface area (Å²) in [5, 5.41) is 1.37. The Balaban J connectivity index is 1.55. The van der Waals surface area contributed by atoms with Gasteiger partial charge in [0.1, 0.15) is 16.5 Å². The molecule has 0 unspecified atom stereocenters. The lowest BCUT2D eigenvalue weighted by Crippen LogP contribution is -2.37. The average molecular weight is 415 g/mol. The molecule has 0 bridgehead atoms. The maximum atomic E-state index is 5.53. The summed E-state index contributed by atoms with van der Waals surface area (Å²) in [6, 6.07) is 0.621. The van der Waals surface area contributed by atoms with E-state index in [0.717, 1.165) is 44.6 Å². The summed E-state index contributed by atoms with van der Waals surface area (Å²) in [6.07, 6.45) is 10.4. The van der Waals surface area contributed by atoms with Crippen molar-refractivity contribution in [2.24, 2.45) is 5.92 Å². The minimum atomic E-state index is 0.621. The maximum absolute atomic E-state index is 5.53. The van der Waals surface area contributed by atoms with Gasteiger partial charge in [-0.2, -0.15) is 0 Å². The van der Waals surface area contributed by atoms with Crippen LogP contribution in [0.3, 0.4) is 0 Å². The maximum Gasteiger partial charge on any atom is 0.146 e. The van der Waals surface area contributed by atoms with E-state index in [4.69, 9.17) is 14.7 Å². The van der Waals surface area contributed by atoms with Crippen molar-refractivity contribution in [2.45, 2.75) is 70.9 Å². The van der Waals surface area contributed by atoms with E-state index in [1.54, 1.807) is 10.4 Å². The van der Waals surface area contributed by atoms with Gasteiger partial charge in [-0.25, -0.2) is 9.97 Å². The molecule has 158 valence electrons. The predicted octanol–water partition coefficient (Wildman–Crippen LogP) is 4.42. The lowest BCUT2D eigenvalue weighted by atomic mass is 9.89. The molecule has 2 aromatic heterocycles. The summed E-state index contributed by atoms with van der Waals surface area (Å²) >= 11 is 1.94. The van der Waals surface area contributed by atoms with Crippen LogP contribution in [-0.4, -0.2) is 54.3 Å². The first kappa shape index (κ1) is 19.7. The van der Waals surface area contributed by atoms with Crippen molar-refractivity contribution in [1.82, 2.24) is 14.9 Å². The van der Waals surface area contributed by atoms with Crippen LogP contribution in [0.4, 0.5) is 5.82 Å².